The number of nitrogens with zero attached hydrogens (tertiary/aromatic N) is 1. The van der Waals surface area contributed by atoms with Gasteiger partial charge in [0.2, 0.25) is 0 Å². The van der Waals surface area contributed by atoms with Crippen LogP contribution in [0, 0.1) is 10.1 Å². The van der Waals surface area contributed by atoms with Crippen LogP contribution >= 0.6 is 0 Å². The average Bonchev–Trinajstić information content (AvgIpc) is 2.47. The Morgan fingerprint density at radius 3 is 2.35 bits per heavy atom. The minimum Gasteiger partial charge on any atom is -0.476 e. The van der Waals surface area contributed by atoms with Gasteiger partial charge in [-0.3, -0.25) is 15.8 Å². The number of aryl methyl sites for hydroxylation is 1. The lowest BCUT2D eigenvalue weighted by atomic mass is 10.1. The highest BCUT2D eigenvalue weighted by atomic mass is 16.6. The highest BCUT2D eigenvalue weighted by Gasteiger charge is 2.08. The summed E-state index contributed by atoms with van der Waals surface area (Å²) in [5.74, 6) is 0.538. The second-order valence-electron chi connectivity index (χ2n) is 4.43. The number of nitro benzene ring substituents is 1. The van der Waals surface area contributed by atoms with Crippen LogP contribution in [0.25, 0.3) is 0 Å². The summed E-state index contributed by atoms with van der Waals surface area (Å²) in [6.07, 6.45) is 1.08. The normalized spacial score (nSPS) is 11.8. The van der Waals surface area contributed by atoms with Gasteiger partial charge in [-0.1, -0.05) is 30.3 Å². The monoisotopic (exact) mass is 272 g/mol. The molecule has 0 aliphatic rings. The smallest absolute Gasteiger partial charge is 0.269 e. The molecule has 0 aromatic heterocycles. The van der Waals surface area contributed by atoms with Crippen molar-refractivity contribution in [2.45, 2.75) is 19.1 Å². The number of benzene rings is 2. The fraction of sp³-hybridized carbons (Fsp3) is 0.200. The number of nitro groups is 1. The fourth-order valence-corrected chi connectivity index (χ4v) is 1.83. The van der Waals surface area contributed by atoms with Crippen molar-refractivity contribution < 1.29 is 9.66 Å². The standard InChI is InChI=1S/C15H16N2O3/c16-15(11-6-12-4-2-1-3-5-12)20-14-9-7-13(8-10-14)17(18)19/h1-5,7-10,15H,6,11,16H2. The van der Waals surface area contributed by atoms with Crippen molar-refractivity contribution in [1.29, 1.82) is 0 Å². The molecule has 2 aromatic carbocycles. The zero-order valence-electron chi connectivity index (χ0n) is 10.9. The fourth-order valence-electron chi connectivity index (χ4n) is 1.83. The third kappa shape index (κ3) is 4.07. The largest absolute Gasteiger partial charge is 0.476 e. The van der Waals surface area contributed by atoms with Crippen LogP contribution in [0.1, 0.15) is 12.0 Å². The summed E-state index contributed by atoms with van der Waals surface area (Å²) in [5, 5.41) is 10.5. The van der Waals surface area contributed by atoms with Gasteiger partial charge < -0.3 is 4.74 Å². The van der Waals surface area contributed by atoms with Crippen molar-refractivity contribution in [1.82, 2.24) is 0 Å². The number of ether oxygens (including phenoxy) is 1. The van der Waals surface area contributed by atoms with Crippen LogP contribution in [0.5, 0.6) is 5.75 Å². The van der Waals surface area contributed by atoms with Gasteiger partial charge in [0.05, 0.1) is 4.92 Å². The van der Waals surface area contributed by atoms with Gasteiger partial charge in [0.15, 0.2) is 0 Å². The summed E-state index contributed by atoms with van der Waals surface area (Å²) in [7, 11) is 0. The number of hydrogen-bond acceptors (Lipinski definition) is 4. The van der Waals surface area contributed by atoms with Crippen molar-refractivity contribution in [3.05, 3.63) is 70.3 Å². The van der Waals surface area contributed by atoms with E-state index in [1.807, 2.05) is 30.3 Å². The number of nitrogens with two attached hydrogens (primary N) is 1. The van der Waals surface area contributed by atoms with E-state index in [1.54, 1.807) is 12.1 Å². The molecule has 0 aliphatic carbocycles. The minimum atomic E-state index is -0.445. The molecule has 104 valence electrons. The molecule has 0 radical (unpaired) electrons. The van der Waals surface area contributed by atoms with Gasteiger partial charge in [-0.2, -0.15) is 0 Å². The van der Waals surface area contributed by atoms with E-state index in [0.29, 0.717) is 12.2 Å². The molecule has 0 saturated heterocycles. The molecule has 0 bridgehead atoms. The van der Waals surface area contributed by atoms with Crippen molar-refractivity contribution >= 4 is 5.69 Å². The first kappa shape index (κ1) is 14.0. The second kappa shape index (κ2) is 6.68. The highest BCUT2D eigenvalue weighted by Crippen LogP contribution is 2.18. The van der Waals surface area contributed by atoms with Crippen LogP contribution < -0.4 is 10.5 Å². The van der Waals surface area contributed by atoms with Crippen LogP contribution in [0.2, 0.25) is 0 Å². The molecule has 20 heavy (non-hydrogen) atoms. The summed E-state index contributed by atoms with van der Waals surface area (Å²) < 4.78 is 5.53. The Balaban J connectivity index is 1.85. The molecular weight excluding hydrogens is 256 g/mol. The van der Waals surface area contributed by atoms with E-state index < -0.39 is 11.2 Å². The first-order valence-electron chi connectivity index (χ1n) is 6.36. The van der Waals surface area contributed by atoms with Gasteiger partial charge in [-0.25, -0.2) is 0 Å². The van der Waals surface area contributed by atoms with E-state index in [4.69, 9.17) is 10.5 Å². The molecule has 0 aliphatic heterocycles. The molecule has 0 fully saturated rings. The maximum atomic E-state index is 10.5. The molecule has 1 atom stereocenters. The predicted molar refractivity (Wildman–Crippen MR) is 76.5 cm³/mol. The van der Waals surface area contributed by atoms with Gasteiger partial charge >= 0.3 is 0 Å². The van der Waals surface area contributed by atoms with Crippen molar-refractivity contribution in [3.63, 3.8) is 0 Å². The third-order valence-electron chi connectivity index (χ3n) is 2.90. The zero-order valence-corrected chi connectivity index (χ0v) is 10.9. The van der Waals surface area contributed by atoms with Gasteiger partial charge in [0.25, 0.3) is 5.69 Å². The summed E-state index contributed by atoms with van der Waals surface area (Å²) in [5.41, 5.74) is 7.14. The van der Waals surface area contributed by atoms with E-state index in [-0.39, 0.29) is 5.69 Å². The summed E-state index contributed by atoms with van der Waals surface area (Å²) in [6.45, 7) is 0. The average molecular weight is 272 g/mol. The summed E-state index contributed by atoms with van der Waals surface area (Å²) in [6, 6.07) is 15.9. The summed E-state index contributed by atoms with van der Waals surface area (Å²) in [4.78, 5) is 10.1. The zero-order chi connectivity index (χ0) is 14.4. The lowest BCUT2D eigenvalue weighted by molar-refractivity contribution is -0.384. The van der Waals surface area contributed by atoms with Gasteiger partial charge in [-0.15, -0.1) is 0 Å². The van der Waals surface area contributed by atoms with Crippen LogP contribution in [0.15, 0.2) is 54.6 Å². The lowest BCUT2D eigenvalue weighted by Crippen LogP contribution is -2.27. The first-order chi connectivity index (χ1) is 9.65. The predicted octanol–water partition coefficient (Wildman–Crippen LogP) is 2.89. The molecule has 2 rings (SSSR count). The molecule has 0 saturated carbocycles. The van der Waals surface area contributed by atoms with E-state index in [1.165, 1.54) is 17.7 Å². The molecule has 0 amide bonds. The Morgan fingerprint density at radius 2 is 1.75 bits per heavy atom. The Bertz CT molecular complexity index is 555. The Morgan fingerprint density at radius 1 is 1.10 bits per heavy atom. The SMILES string of the molecule is NC(CCc1ccccc1)Oc1ccc([N+](=O)[O-])cc1. The van der Waals surface area contributed by atoms with Crippen molar-refractivity contribution in [2.24, 2.45) is 5.73 Å². The summed E-state index contributed by atoms with van der Waals surface area (Å²) >= 11 is 0. The number of hydrogen-bond donors (Lipinski definition) is 1. The van der Waals surface area contributed by atoms with E-state index in [0.717, 1.165) is 6.42 Å². The minimum absolute atomic E-state index is 0.0372. The van der Waals surface area contributed by atoms with Crippen LogP contribution in [-0.4, -0.2) is 11.2 Å². The molecule has 0 heterocycles. The maximum absolute atomic E-state index is 10.5. The topological polar surface area (TPSA) is 78.4 Å². The molecule has 5 nitrogen and oxygen atoms in total. The Hall–Kier alpha value is -2.40. The van der Waals surface area contributed by atoms with Crippen molar-refractivity contribution in [2.75, 3.05) is 0 Å². The molecule has 2 aromatic rings. The van der Waals surface area contributed by atoms with Crippen LogP contribution in [0.4, 0.5) is 5.69 Å². The second-order valence-corrected chi connectivity index (χ2v) is 4.43. The molecule has 2 N–H and O–H groups in total. The number of non-ortho nitro benzene ring substituents is 1. The van der Waals surface area contributed by atoms with Crippen molar-refractivity contribution in [3.8, 4) is 5.75 Å². The Labute approximate surface area is 117 Å². The third-order valence-corrected chi connectivity index (χ3v) is 2.90. The van der Waals surface area contributed by atoms with Gasteiger partial charge in [-0.05, 0) is 24.1 Å². The first-order valence-corrected chi connectivity index (χ1v) is 6.36. The molecule has 0 spiro atoms. The van der Waals surface area contributed by atoms with Gasteiger partial charge in [0.1, 0.15) is 12.0 Å². The quantitative estimate of drug-likeness (QED) is 0.498. The van der Waals surface area contributed by atoms with Gasteiger partial charge in [0, 0.05) is 18.6 Å². The number of rotatable bonds is 6. The highest BCUT2D eigenvalue weighted by molar-refractivity contribution is 5.36. The van der Waals surface area contributed by atoms with E-state index in [2.05, 4.69) is 0 Å². The lowest BCUT2D eigenvalue weighted by Gasteiger charge is -2.14. The molecular formula is C15H16N2O3. The van der Waals surface area contributed by atoms with E-state index >= 15 is 0 Å². The van der Waals surface area contributed by atoms with E-state index in [9.17, 15) is 10.1 Å². The molecule has 5 heteroatoms. The molecule has 1 unspecified atom stereocenters. The van der Waals surface area contributed by atoms with Crippen LogP contribution in [0.3, 0.4) is 0 Å². The maximum Gasteiger partial charge on any atom is 0.269 e. The Kier molecular flexibility index (Phi) is 4.68. The van der Waals surface area contributed by atoms with Crippen LogP contribution in [-0.2, 0) is 6.42 Å².